The van der Waals surface area contributed by atoms with E-state index in [0.717, 1.165) is 5.69 Å². The van der Waals surface area contributed by atoms with Crippen molar-refractivity contribution in [1.29, 1.82) is 0 Å². The summed E-state index contributed by atoms with van der Waals surface area (Å²) in [4.78, 5) is -0.228. The van der Waals surface area contributed by atoms with Crippen molar-refractivity contribution in [1.82, 2.24) is 10.2 Å². The molecule has 0 saturated heterocycles. The van der Waals surface area contributed by atoms with Crippen molar-refractivity contribution in [2.45, 2.75) is 24.7 Å². The largest absolute Gasteiger partial charge is 0.399 e. The second kappa shape index (κ2) is 5.75. The molecule has 0 saturated carbocycles. The molecular weight excluding hydrogens is 335 g/mol. The van der Waals surface area contributed by atoms with E-state index in [2.05, 4.69) is 14.9 Å². The first-order valence-corrected chi connectivity index (χ1v) is 8.27. The lowest BCUT2D eigenvalue weighted by molar-refractivity contribution is 0.601. The lowest BCUT2D eigenvalue weighted by Gasteiger charge is -2.10. The number of nitrogens with zero attached hydrogens (tertiary/aromatic N) is 1. The zero-order valence-corrected chi connectivity index (χ0v) is 13.6. The van der Waals surface area contributed by atoms with Gasteiger partial charge in [-0.05, 0) is 18.1 Å². The predicted molar refractivity (Wildman–Crippen MR) is 84.4 cm³/mol. The van der Waals surface area contributed by atoms with Gasteiger partial charge >= 0.3 is 0 Å². The molecule has 21 heavy (non-hydrogen) atoms. The van der Waals surface area contributed by atoms with Crippen LogP contribution in [0.5, 0.6) is 0 Å². The zero-order valence-electron chi connectivity index (χ0n) is 11.3. The summed E-state index contributed by atoms with van der Waals surface area (Å²) in [5.74, 6) is 0.363. The number of sulfonamides is 1. The first-order valence-electron chi connectivity index (χ1n) is 6.03. The lowest BCUT2D eigenvalue weighted by Crippen LogP contribution is -2.14. The van der Waals surface area contributed by atoms with Gasteiger partial charge in [0.1, 0.15) is 4.90 Å². The number of hydrogen-bond donors (Lipinski definition) is 3. The molecule has 1 heterocycles. The van der Waals surface area contributed by atoms with E-state index in [9.17, 15) is 8.42 Å². The number of aromatic amines is 1. The molecule has 0 atom stereocenters. The summed E-state index contributed by atoms with van der Waals surface area (Å²) < 4.78 is 27.0. The standard InChI is InChI=1S/C12H14Cl2N4O2S/c1-6(2)10-5-11(17-16-10)18-21(19,20)12-8(13)3-7(15)4-9(12)14/h3-6H,15H2,1-2H3,(H2,16,17,18). The lowest BCUT2D eigenvalue weighted by atomic mass is 10.1. The number of nitrogens with one attached hydrogen (secondary N) is 2. The van der Waals surface area contributed by atoms with E-state index in [1.54, 1.807) is 6.07 Å². The quantitative estimate of drug-likeness (QED) is 0.738. The van der Waals surface area contributed by atoms with Crippen LogP contribution in [0.1, 0.15) is 25.5 Å². The van der Waals surface area contributed by atoms with E-state index >= 15 is 0 Å². The normalized spacial score (nSPS) is 11.9. The third-order valence-electron chi connectivity index (χ3n) is 2.75. The van der Waals surface area contributed by atoms with Gasteiger partial charge in [0.25, 0.3) is 10.0 Å². The first-order chi connectivity index (χ1) is 9.70. The van der Waals surface area contributed by atoms with E-state index in [-0.39, 0.29) is 32.4 Å². The summed E-state index contributed by atoms with van der Waals surface area (Å²) >= 11 is 11.9. The number of hydrogen-bond acceptors (Lipinski definition) is 4. The number of rotatable bonds is 4. The minimum Gasteiger partial charge on any atom is -0.399 e. The van der Waals surface area contributed by atoms with Crippen molar-refractivity contribution >= 4 is 44.7 Å². The maximum atomic E-state index is 12.4. The van der Waals surface area contributed by atoms with Gasteiger partial charge in [0, 0.05) is 17.4 Å². The van der Waals surface area contributed by atoms with Crippen LogP contribution in [-0.2, 0) is 10.0 Å². The molecule has 9 heteroatoms. The van der Waals surface area contributed by atoms with Crippen LogP contribution in [0.4, 0.5) is 11.5 Å². The van der Waals surface area contributed by atoms with Crippen LogP contribution in [0.25, 0.3) is 0 Å². The Balaban J connectivity index is 2.38. The van der Waals surface area contributed by atoms with Crippen LogP contribution >= 0.6 is 23.2 Å². The van der Waals surface area contributed by atoms with Crippen molar-refractivity contribution < 1.29 is 8.42 Å². The highest BCUT2D eigenvalue weighted by atomic mass is 35.5. The highest BCUT2D eigenvalue weighted by Crippen LogP contribution is 2.33. The van der Waals surface area contributed by atoms with Gasteiger partial charge in [-0.1, -0.05) is 37.0 Å². The molecule has 2 aromatic rings. The highest BCUT2D eigenvalue weighted by molar-refractivity contribution is 7.93. The number of aromatic nitrogens is 2. The number of H-pyrrole nitrogens is 1. The van der Waals surface area contributed by atoms with Crippen molar-refractivity contribution in [3.8, 4) is 0 Å². The molecular formula is C12H14Cl2N4O2S. The third-order valence-corrected chi connectivity index (χ3v) is 5.02. The molecule has 6 nitrogen and oxygen atoms in total. The zero-order chi connectivity index (χ0) is 15.8. The summed E-state index contributed by atoms with van der Waals surface area (Å²) in [5, 5.41) is 6.56. The fourth-order valence-electron chi connectivity index (χ4n) is 1.71. The van der Waals surface area contributed by atoms with Gasteiger partial charge in [0.05, 0.1) is 10.0 Å². The average molecular weight is 349 g/mol. The smallest absolute Gasteiger partial charge is 0.266 e. The summed E-state index contributed by atoms with van der Waals surface area (Å²) in [6.07, 6.45) is 0. The Morgan fingerprint density at radius 2 is 1.81 bits per heavy atom. The Bertz CT molecular complexity index is 748. The van der Waals surface area contributed by atoms with Crippen molar-refractivity contribution in [3.63, 3.8) is 0 Å². The van der Waals surface area contributed by atoms with Crippen LogP contribution in [0.15, 0.2) is 23.1 Å². The van der Waals surface area contributed by atoms with Crippen LogP contribution in [-0.4, -0.2) is 18.6 Å². The van der Waals surface area contributed by atoms with Gasteiger partial charge in [-0.3, -0.25) is 9.82 Å². The molecule has 2 rings (SSSR count). The van der Waals surface area contributed by atoms with Crippen LogP contribution < -0.4 is 10.5 Å². The molecule has 0 bridgehead atoms. The highest BCUT2D eigenvalue weighted by Gasteiger charge is 2.23. The molecule has 114 valence electrons. The topological polar surface area (TPSA) is 101 Å². The molecule has 1 aromatic carbocycles. The molecule has 0 fully saturated rings. The monoisotopic (exact) mass is 348 g/mol. The Hall–Kier alpha value is -1.44. The Morgan fingerprint density at radius 3 is 2.29 bits per heavy atom. The molecule has 0 aliphatic rings. The van der Waals surface area contributed by atoms with Crippen molar-refractivity contribution in [2.75, 3.05) is 10.5 Å². The molecule has 0 aliphatic carbocycles. The van der Waals surface area contributed by atoms with Crippen molar-refractivity contribution in [2.24, 2.45) is 0 Å². The molecule has 0 radical (unpaired) electrons. The van der Waals surface area contributed by atoms with Crippen LogP contribution in [0.3, 0.4) is 0 Å². The van der Waals surface area contributed by atoms with Gasteiger partial charge in [-0.25, -0.2) is 8.42 Å². The third kappa shape index (κ3) is 3.42. The van der Waals surface area contributed by atoms with Gasteiger partial charge in [-0.15, -0.1) is 0 Å². The Morgan fingerprint density at radius 1 is 1.24 bits per heavy atom. The van der Waals surface area contributed by atoms with Gasteiger partial charge < -0.3 is 5.73 Å². The van der Waals surface area contributed by atoms with E-state index in [4.69, 9.17) is 28.9 Å². The molecule has 0 spiro atoms. The average Bonchev–Trinajstić information content (AvgIpc) is 2.74. The molecule has 1 aromatic heterocycles. The number of anilines is 2. The number of nitrogens with two attached hydrogens (primary N) is 1. The maximum Gasteiger partial charge on any atom is 0.266 e. The van der Waals surface area contributed by atoms with Gasteiger partial charge in [0.15, 0.2) is 5.82 Å². The summed E-state index contributed by atoms with van der Waals surface area (Å²) in [5.41, 5.74) is 6.65. The van der Waals surface area contributed by atoms with Crippen LogP contribution in [0.2, 0.25) is 10.0 Å². The van der Waals surface area contributed by atoms with E-state index in [1.165, 1.54) is 12.1 Å². The Labute approximate surface area is 132 Å². The van der Waals surface area contributed by atoms with E-state index < -0.39 is 10.0 Å². The van der Waals surface area contributed by atoms with E-state index in [0.29, 0.717) is 0 Å². The van der Waals surface area contributed by atoms with Gasteiger partial charge in [-0.2, -0.15) is 5.10 Å². The SMILES string of the molecule is CC(C)c1cc(NS(=O)(=O)c2c(Cl)cc(N)cc2Cl)n[nH]1. The van der Waals surface area contributed by atoms with Crippen molar-refractivity contribution in [3.05, 3.63) is 33.9 Å². The summed E-state index contributed by atoms with van der Waals surface area (Å²) in [7, 11) is -3.96. The minimum absolute atomic E-state index is 0.0490. The number of halogens is 2. The van der Waals surface area contributed by atoms with E-state index in [1.807, 2.05) is 13.8 Å². The number of nitrogen functional groups attached to an aromatic ring is 1. The fraction of sp³-hybridized carbons (Fsp3) is 0.250. The Kier molecular flexibility index (Phi) is 4.36. The second-order valence-corrected chi connectivity index (χ2v) is 7.22. The van der Waals surface area contributed by atoms with Gasteiger partial charge in [0.2, 0.25) is 0 Å². The first kappa shape index (κ1) is 15.9. The maximum absolute atomic E-state index is 12.4. The molecule has 0 aliphatic heterocycles. The summed E-state index contributed by atoms with van der Waals surface area (Å²) in [6.45, 7) is 3.92. The molecule has 0 unspecified atom stereocenters. The fourth-order valence-corrected chi connectivity index (χ4v) is 3.94. The number of benzene rings is 1. The van der Waals surface area contributed by atoms with Crippen LogP contribution in [0, 0.1) is 0 Å². The minimum atomic E-state index is -3.96. The molecule has 0 amide bonds. The predicted octanol–water partition coefficient (Wildman–Crippen LogP) is 3.22. The second-order valence-electron chi connectivity index (χ2n) is 4.78. The summed E-state index contributed by atoms with van der Waals surface area (Å²) in [6, 6.07) is 4.26. The molecule has 4 N–H and O–H groups in total.